The van der Waals surface area contributed by atoms with Gasteiger partial charge in [-0.05, 0) is 13.8 Å². The monoisotopic (exact) mass is 212 g/mol. The highest BCUT2D eigenvalue weighted by Gasteiger charge is 2.38. The number of carboxylic acids is 1. The normalized spacial score (nSPS) is 27.6. The van der Waals surface area contributed by atoms with Crippen molar-refractivity contribution in [1.29, 1.82) is 5.26 Å². The molecule has 1 aliphatic heterocycles. The van der Waals surface area contributed by atoms with Crippen LogP contribution in [0.25, 0.3) is 0 Å². The number of aliphatic hydroxyl groups is 1. The zero-order chi connectivity index (χ0) is 11.6. The van der Waals surface area contributed by atoms with Crippen molar-refractivity contribution in [2.75, 3.05) is 13.1 Å². The summed E-state index contributed by atoms with van der Waals surface area (Å²) in [5.74, 6) is -0.930. The van der Waals surface area contributed by atoms with Crippen molar-refractivity contribution in [1.82, 2.24) is 4.90 Å². The molecule has 0 amide bonds. The van der Waals surface area contributed by atoms with Crippen LogP contribution >= 0.6 is 0 Å². The number of hydrogen-bond donors (Lipinski definition) is 2. The molecule has 0 radical (unpaired) electrons. The van der Waals surface area contributed by atoms with E-state index >= 15 is 0 Å². The second-order valence-corrected chi connectivity index (χ2v) is 4.67. The van der Waals surface area contributed by atoms with Crippen LogP contribution in [0.3, 0.4) is 0 Å². The zero-order valence-corrected chi connectivity index (χ0v) is 8.97. The standard InChI is InChI=1S/C10H16N2O3/c1-10(2,5-11)6-12-4-7(13)3-8(12)9(14)15/h7-8,13H,3-4,6H2,1-2H3,(H,14,15). The lowest BCUT2D eigenvalue weighted by Crippen LogP contribution is -2.41. The van der Waals surface area contributed by atoms with E-state index in [9.17, 15) is 9.90 Å². The number of aliphatic hydroxyl groups excluding tert-OH is 1. The van der Waals surface area contributed by atoms with Gasteiger partial charge in [-0.1, -0.05) is 0 Å². The Balaban J connectivity index is 2.69. The molecular formula is C10H16N2O3. The van der Waals surface area contributed by atoms with E-state index in [0.29, 0.717) is 13.1 Å². The van der Waals surface area contributed by atoms with Crippen molar-refractivity contribution in [2.24, 2.45) is 5.41 Å². The summed E-state index contributed by atoms with van der Waals surface area (Å²) in [5.41, 5.74) is -0.586. The van der Waals surface area contributed by atoms with Gasteiger partial charge in [0.15, 0.2) is 0 Å². The second kappa shape index (κ2) is 4.17. The molecule has 0 aromatic rings. The second-order valence-electron chi connectivity index (χ2n) is 4.67. The fourth-order valence-corrected chi connectivity index (χ4v) is 1.85. The van der Waals surface area contributed by atoms with E-state index in [2.05, 4.69) is 6.07 Å². The van der Waals surface area contributed by atoms with Crippen LogP contribution in [0.15, 0.2) is 0 Å². The van der Waals surface area contributed by atoms with Crippen molar-refractivity contribution in [2.45, 2.75) is 32.4 Å². The molecule has 0 saturated carbocycles. The van der Waals surface area contributed by atoms with Crippen LogP contribution in [-0.2, 0) is 4.79 Å². The van der Waals surface area contributed by atoms with Gasteiger partial charge >= 0.3 is 5.97 Å². The molecule has 2 atom stereocenters. The van der Waals surface area contributed by atoms with Gasteiger partial charge in [-0.3, -0.25) is 9.69 Å². The Labute approximate surface area is 88.9 Å². The van der Waals surface area contributed by atoms with E-state index in [1.165, 1.54) is 0 Å². The molecule has 0 spiro atoms. The van der Waals surface area contributed by atoms with E-state index < -0.39 is 23.5 Å². The van der Waals surface area contributed by atoms with E-state index in [0.717, 1.165) is 0 Å². The first-order valence-corrected chi connectivity index (χ1v) is 4.92. The topological polar surface area (TPSA) is 84.6 Å². The SMILES string of the molecule is CC(C)(C#N)CN1CC(O)CC1C(=O)O. The van der Waals surface area contributed by atoms with Crippen molar-refractivity contribution in [3.63, 3.8) is 0 Å². The predicted octanol–water partition coefficient (Wildman–Crippen LogP) is 0.0560. The summed E-state index contributed by atoms with van der Waals surface area (Å²) in [6, 6.07) is 1.47. The van der Waals surface area contributed by atoms with Crippen LogP contribution in [0.5, 0.6) is 0 Å². The van der Waals surface area contributed by atoms with Crippen LogP contribution in [0.2, 0.25) is 0 Å². The third kappa shape index (κ3) is 2.91. The summed E-state index contributed by atoms with van der Waals surface area (Å²) in [7, 11) is 0. The van der Waals surface area contributed by atoms with E-state index in [1.807, 2.05) is 0 Å². The minimum Gasteiger partial charge on any atom is -0.480 e. The molecule has 0 bridgehead atoms. The minimum atomic E-state index is -0.930. The van der Waals surface area contributed by atoms with E-state index in [4.69, 9.17) is 10.4 Å². The molecule has 1 heterocycles. The summed E-state index contributed by atoms with van der Waals surface area (Å²) in [6.07, 6.45) is -0.350. The molecule has 1 fully saturated rings. The first-order chi connectivity index (χ1) is 6.85. The minimum absolute atomic E-state index is 0.247. The number of hydrogen-bond acceptors (Lipinski definition) is 4. The predicted molar refractivity (Wildman–Crippen MR) is 53.0 cm³/mol. The zero-order valence-electron chi connectivity index (χ0n) is 8.97. The highest BCUT2D eigenvalue weighted by atomic mass is 16.4. The molecule has 84 valence electrons. The summed E-state index contributed by atoms with van der Waals surface area (Å²) in [5, 5.41) is 27.2. The quantitative estimate of drug-likeness (QED) is 0.690. The maximum atomic E-state index is 10.9. The number of likely N-dealkylation sites (tertiary alicyclic amines) is 1. The van der Waals surface area contributed by atoms with Gasteiger partial charge in [0.05, 0.1) is 17.6 Å². The molecule has 15 heavy (non-hydrogen) atoms. The van der Waals surface area contributed by atoms with E-state index in [1.54, 1.807) is 18.7 Å². The third-order valence-electron chi connectivity index (χ3n) is 2.57. The van der Waals surface area contributed by atoms with Gasteiger partial charge in [0, 0.05) is 19.5 Å². The van der Waals surface area contributed by atoms with Crippen LogP contribution in [0.4, 0.5) is 0 Å². The summed E-state index contributed by atoms with van der Waals surface area (Å²) >= 11 is 0. The molecular weight excluding hydrogens is 196 g/mol. The molecule has 0 aromatic heterocycles. The Bertz CT molecular complexity index is 296. The number of nitrogens with zero attached hydrogens (tertiary/aromatic N) is 2. The molecule has 0 aliphatic carbocycles. The smallest absolute Gasteiger partial charge is 0.321 e. The largest absolute Gasteiger partial charge is 0.480 e. The van der Waals surface area contributed by atoms with Crippen LogP contribution in [0, 0.1) is 16.7 Å². The Kier molecular flexibility index (Phi) is 3.32. The van der Waals surface area contributed by atoms with Crippen molar-refractivity contribution >= 4 is 5.97 Å². The van der Waals surface area contributed by atoms with Gasteiger partial charge in [-0.2, -0.15) is 5.26 Å². The van der Waals surface area contributed by atoms with Gasteiger partial charge in [-0.15, -0.1) is 0 Å². The molecule has 2 N–H and O–H groups in total. The number of carbonyl (C=O) groups is 1. The first kappa shape index (κ1) is 12.0. The average Bonchev–Trinajstić information content (AvgIpc) is 2.46. The number of aliphatic carboxylic acids is 1. The maximum absolute atomic E-state index is 10.9. The third-order valence-corrected chi connectivity index (χ3v) is 2.57. The Morgan fingerprint density at radius 2 is 2.27 bits per heavy atom. The fourth-order valence-electron chi connectivity index (χ4n) is 1.85. The van der Waals surface area contributed by atoms with Gasteiger partial charge < -0.3 is 10.2 Å². The molecule has 2 unspecified atom stereocenters. The van der Waals surface area contributed by atoms with Crippen LogP contribution in [0.1, 0.15) is 20.3 Å². The lowest BCUT2D eigenvalue weighted by molar-refractivity contribution is -0.142. The molecule has 5 heteroatoms. The van der Waals surface area contributed by atoms with Gasteiger partial charge in [0.2, 0.25) is 0 Å². The number of carboxylic acid groups (broad SMARTS) is 1. The van der Waals surface area contributed by atoms with Gasteiger partial charge in [0.25, 0.3) is 0 Å². The summed E-state index contributed by atoms with van der Waals surface area (Å²) in [4.78, 5) is 12.6. The van der Waals surface area contributed by atoms with Crippen LogP contribution in [-0.4, -0.2) is 46.3 Å². The lowest BCUT2D eigenvalue weighted by atomic mass is 9.95. The molecule has 1 aliphatic rings. The van der Waals surface area contributed by atoms with Crippen molar-refractivity contribution < 1.29 is 15.0 Å². The molecule has 1 saturated heterocycles. The Morgan fingerprint density at radius 1 is 1.67 bits per heavy atom. The molecule has 1 rings (SSSR count). The van der Waals surface area contributed by atoms with Crippen molar-refractivity contribution in [3.8, 4) is 6.07 Å². The first-order valence-electron chi connectivity index (χ1n) is 4.92. The van der Waals surface area contributed by atoms with Gasteiger partial charge in [0.1, 0.15) is 6.04 Å². The Morgan fingerprint density at radius 3 is 2.73 bits per heavy atom. The summed E-state index contributed by atoms with van der Waals surface area (Å²) < 4.78 is 0. The Hall–Kier alpha value is -1.12. The maximum Gasteiger partial charge on any atom is 0.321 e. The number of rotatable bonds is 3. The fraction of sp³-hybridized carbons (Fsp3) is 0.800. The molecule has 0 aromatic carbocycles. The highest BCUT2D eigenvalue weighted by Crippen LogP contribution is 2.24. The van der Waals surface area contributed by atoms with Gasteiger partial charge in [-0.25, -0.2) is 0 Å². The van der Waals surface area contributed by atoms with E-state index in [-0.39, 0.29) is 6.42 Å². The number of β-amino-alcohol motifs (C(OH)–C–C–N with tert-alkyl or cyclic N) is 1. The van der Waals surface area contributed by atoms with Crippen molar-refractivity contribution in [3.05, 3.63) is 0 Å². The summed E-state index contributed by atoms with van der Waals surface area (Å²) in [6.45, 7) is 4.23. The average molecular weight is 212 g/mol. The molecule has 5 nitrogen and oxygen atoms in total. The van der Waals surface area contributed by atoms with Crippen LogP contribution < -0.4 is 0 Å². The number of nitriles is 1. The lowest BCUT2D eigenvalue weighted by Gasteiger charge is -2.26. The highest BCUT2D eigenvalue weighted by molar-refractivity contribution is 5.74.